The third-order valence-electron chi connectivity index (χ3n) is 5.52. The number of nitrogens with zero attached hydrogens (tertiary/aromatic N) is 3. The van der Waals surface area contributed by atoms with Crippen LogP contribution in [0.3, 0.4) is 0 Å². The zero-order valence-corrected chi connectivity index (χ0v) is 20.2. The van der Waals surface area contributed by atoms with Crippen molar-refractivity contribution in [3.05, 3.63) is 77.6 Å². The van der Waals surface area contributed by atoms with Crippen molar-refractivity contribution in [1.82, 2.24) is 14.8 Å². The number of Topliss-reactive ketones (excluding diaryl/α,β-unsaturated/α-hetero) is 1. The Morgan fingerprint density at radius 2 is 1.79 bits per heavy atom. The fourth-order valence-corrected chi connectivity index (χ4v) is 4.49. The molecule has 8 heteroatoms. The molecule has 174 valence electrons. The molecule has 0 aliphatic carbocycles. The fraction of sp³-hybridized carbons (Fsp3) is 0.231. The maximum Gasteiger partial charge on any atom is 0.234 e. The molecule has 1 N–H and O–H groups in total. The van der Waals surface area contributed by atoms with Crippen LogP contribution in [-0.4, -0.2) is 32.2 Å². The molecule has 0 bridgehead atoms. The number of anilines is 1. The van der Waals surface area contributed by atoms with Crippen molar-refractivity contribution in [3.63, 3.8) is 0 Å². The van der Waals surface area contributed by atoms with E-state index < -0.39 is 0 Å². The molecular weight excluding hydrogens is 448 g/mol. The Bertz CT molecular complexity index is 1330. The summed E-state index contributed by atoms with van der Waals surface area (Å²) < 4.78 is 8.04. The second-order valence-corrected chi connectivity index (χ2v) is 8.75. The molecule has 4 aromatic rings. The Morgan fingerprint density at radius 3 is 2.53 bits per heavy atom. The van der Waals surface area contributed by atoms with E-state index in [-0.39, 0.29) is 24.1 Å². The molecule has 0 unspecified atom stereocenters. The molecule has 0 aliphatic heterocycles. The molecule has 34 heavy (non-hydrogen) atoms. The average Bonchev–Trinajstić information content (AvgIpc) is 3.24. The predicted molar refractivity (Wildman–Crippen MR) is 135 cm³/mol. The van der Waals surface area contributed by atoms with Crippen molar-refractivity contribution in [3.8, 4) is 5.75 Å². The minimum atomic E-state index is -0.157. The van der Waals surface area contributed by atoms with Gasteiger partial charge in [-0.1, -0.05) is 42.1 Å². The van der Waals surface area contributed by atoms with E-state index in [1.54, 1.807) is 24.3 Å². The lowest BCUT2D eigenvalue weighted by Gasteiger charge is -2.12. The van der Waals surface area contributed by atoms with Crippen molar-refractivity contribution < 1.29 is 14.3 Å². The summed E-state index contributed by atoms with van der Waals surface area (Å²) in [5.41, 5.74) is 2.34. The third kappa shape index (κ3) is 5.28. The van der Waals surface area contributed by atoms with Crippen LogP contribution in [0.4, 0.5) is 5.69 Å². The lowest BCUT2D eigenvalue weighted by atomic mass is 10.0. The van der Waals surface area contributed by atoms with Crippen molar-refractivity contribution in [2.75, 3.05) is 11.1 Å². The monoisotopic (exact) mass is 474 g/mol. The molecule has 1 amide bonds. The second-order valence-electron chi connectivity index (χ2n) is 7.81. The van der Waals surface area contributed by atoms with Gasteiger partial charge in [0, 0.05) is 17.8 Å². The highest BCUT2D eigenvalue weighted by molar-refractivity contribution is 7.99. The normalized spacial score (nSPS) is 10.9. The van der Waals surface area contributed by atoms with Crippen LogP contribution in [0.15, 0.2) is 65.8 Å². The molecule has 3 aromatic carbocycles. The molecule has 0 fully saturated rings. The van der Waals surface area contributed by atoms with Gasteiger partial charge in [-0.2, -0.15) is 0 Å². The van der Waals surface area contributed by atoms with Crippen molar-refractivity contribution in [2.45, 2.75) is 39.1 Å². The SMILES string of the molecule is CCn1c(COc2ccc3ccccc3c2C)nnc1SCC(=O)Nc1ccc(C(C)=O)cc1. The number of thioether (sulfide) groups is 1. The van der Waals surface area contributed by atoms with Crippen molar-refractivity contribution in [2.24, 2.45) is 0 Å². The van der Waals surface area contributed by atoms with Gasteiger partial charge in [0.25, 0.3) is 0 Å². The molecule has 4 rings (SSSR count). The van der Waals surface area contributed by atoms with E-state index >= 15 is 0 Å². The van der Waals surface area contributed by atoms with E-state index in [1.807, 2.05) is 29.7 Å². The van der Waals surface area contributed by atoms with Crippen LogP contribution in [0.1, 0.15) is 35.6 Å². The van der Waals surface area contributed by atoms with Gasteiger partial charge in [0.05, 0.1) is 5.75 Å². The highest BCUT2D eigenvalue weighted by atomic mass is 32.2. The molecule has 0 radical (unpaired) electrons. The van der Waals surface area contributed by atoms with Crippen molar-refractivity contribution >= 4 is 39.9 Å². The van der Waals surface area contributed by atoms with Crippen LogP contribution in [0.2, 0.25) is 0 Å². The molecule has 0 spiro atoms. The number of fused-ring (bicyclic) bond motifs is 1. The van der Waals surface area contributed by atoms with E-state index in [0.717, 1.165) is 16.7 Å². The Morgan fingerprint density at radius 1 is 1.03 bits per heavy atom. The number of nitrogens with one attached hydrogen (secondary N) is 1. The average molecular weight is 475 g/mol. The van der Waals surface area contributed by atoms with Crippen molar-refractivity contribution in [1.29, 1.82) is 0 Å². The molecule has 0 atom stereocenters. The van der Waals surface area contributed by atoms with Gasteiger partial charge >= 0.3 is 0 Å². The maximum atomic E-state index is 12.4. The summed E-state index contributed by atoms with van der Waals surface area (Å²) in [5.74, 6) is 1.54. The molecular formula is C26H26N4O3S. The molecule has 7 nitrogen and oxygen atoms in total. The molecule has 0 saturated heterocycles. The number of aromatic nitrogens is 3. The minimum Gasteiger partial charge on any atom is -0.485 e. The van der Waals surface area contributed by atoms with Crippen LogP contribution < -0.4 is 10.1 Å². The number of aryl methyl sites for hydroxylation is 1. The smallest absolute Gasteiger partial charge is 0.234 e. The first-order valence-electron chi connectivity index (χ1n) is 11.0. The summed E-state index contributed by atoms with van der Waals surface area (Å²) in [6, 6.07) is 19.1. The quantitative estimate of drug-likeness (QED) is 0.263. The number of carbonyl (C=O) groups excluding carboxylic acids is 2. The fourth-order valence-electron chi connectivity index (χ4n) is 3.67. The van der Waals surface area contributed by atoms with Gasteiger partial charge in [0.1, 0.15) is 12.4 Å². The summed E-state index contributed by atoms with van der Waals surface area (Å²) in [5, 5.41) is 14.4. The van der Waals surface area contributed by atoms with Crippen LogP contribution in [0.5, 0.6) is 5.75 Å². The first kappa shape index (κ1) is 23.5. The van der Waals surface area contributed by atoms with Gasteiger partial charge in [0.15, 0.2) is 16.8 Å². The number of amides is 1. The number of carbonyl (C=O) groups is 2. The number of benzene rings is 3. The van der Waals surface area contributed by atoms with E-state index in [0.29, 0.717) is 28.8 Å². The lowest BCUT2D eigenvalue weighted by Crippen LogP contribution is -2.15. The van der Waals surface area contributed by atoms with Gasteiger partial charge in [-0.05, 0) is 67.4 Å². The highest BCUT2D eigenvalue weighted by Crippen LogP contribution is 2.28. The first-order valence-corrected chi connectivity index (χ1v) is 12.0. The number of ketones is 1. The minimum absolute atomic E-state index is 0.0112. The van der Waals surface area contributed by atoms with Crippen LogP contribution in [-0.2, 0) is 17.9 Å². The van der Waals surface area contributed by atoms with E-state index in [4.69, 9.17) is 4.74 Å². The number of hydrogen-bond acceptors (Lipinski definition) is 6. The third-order valence-corrected chi connectivity index (χ3v) is 6.49. The van der Waals surface area contributed by atoms with Gasteiger partial charge < -0.3 is 14.6 Å². The summed E-state index contributed by atoms with van der Waals surface area (Å²) in [6.45, 7) is 6.52. The summed E-state index contributed by atoms with van der Waals surface area (Å²) >= 11 is 1.32. The molecule has 1 heterocycles. The Balaban J connectivity index is 1.37. The first-order chi connectivity index (χ1) is 16.5. The highest BCUT2D eigenvalue weighted by Gasteiger charge is 2.15. The second kappa shape index (κ2) is 10.5. The van der Waals surface area contributed by atoms with Gasteiger partial charge in [-0.3, -0.25) is 9.59 Å². The molecule has 1 aromatic heterocycles. The number of hydrogen-bond donors (Lipinski definition) is 1. The predicted octanol–water partition coefficient (Wildman–Crippen LogP) is 5.27. The van der Waals surface area contributed by atoms with Gasteiger partial charge in [0.2, 0.25) is 5.91 Å². The Hall–Kier alpha value is -3.65. The van der Waals surface area contributed by atoms with Crippen LogP contribution in [0, 0.1) is 6.92 Å². The molecule has 0 aliphatic rings. The summed E-state index contributed by atoms with van der Waals surface area (Å²) in [4.78, 5) is 23.8. The topological polar surface area (TPSA) is 86.1 Å². The van der Waals surface area contributed by atoms with Gasteiger partial charge in [-0.25, -0.2) is 0 Å². The summed E-state index contributed by atoms with van der Waals surface area (Å²) in [7, 11) is 0. The van der Waals surface area contributed by atoms with E-state index in [2.05, 4.69) is 40.6 Å². The molecule has 0 saturated carbocycles. The van der Waals surface area contributed by atoms with Crippen LogP contribution >= 0.6 is 11.8 Å². The van der Waals surface area contributed by atoms with E-state index in [1.165, 1.54) is 24.1 Å². The largest absolute Gasteiger partial charge is 0.485 e. The lowest BCUT2D eigenvalue weighted by molar-refractivity contribution is -0.113. The van der Waals surface area contributed by atoms with E-state index in [9.17, 15) is 9.59 Å². The zero-order valence-electron chi connectivity index (χ0n) is 19.4. The summed E-state index contributed by atoms with van der Waals surface area (Å²) in [6.07, 6.45) is 0. The zero-order chi connectivity index (χ0) is 24.1. The van der Waals surface area contributed by atoms with Gasteiger partial charge in [-0.15, -0.1) is 10.2 Å². The Labute approximate surface area is 202 Å². The van der Waals surface area contributed by atoms with Crippen LogP contribution in [0.25, 0.3) is 10.8 Å². The Kier molecular flexibility index (Phi) is 7.27. The number of rotatable bonds is 9. The maximum absolute atomic E-state index is 12.4. The standard InChI is InChI=1S/C26H26N4O3S/c1-4-30-24(15-33-23-14-11-20-7-5-6-8-22(20)17(23)2)28-29-26(30)34-16-25(32)27-21-12-9-19(10-13-21)18(3)31/h5-14H,4,15-16H2,1-3H3,(H,27,32). The number of ether oxygens (including phenoxy) is 1.